The van der Waals surface area contributed by atoms with E-state index in [9.17, 15) is 14.7 Å². The van der Waals surface area contributed by atoms with Gasteiger partial charge in [-0.15, -0.1) is 0 Å². The van der Waals surface area contributed by atoms with Crippen molar-refractivity contribution in [2.45, 2.75) is 76.0 Å². The number of carbonyl (C=O) groups is 2. The second-order valence-corrected chi connectivity index (χ2v) is 15.2. The average Bonchev–Trinajstić information content (AvgIpc) is 3.65. The van der Waals surface area contributed by atoms with Crippen LogP contribution in [0.1, 0.15) is 86.8 Å². The number of carbonyl (C=O) groups excluding carboxylic acids is 2. The molecule has 0 radical (unpaired) electrons. The first-order valence-electron chi connectivity index (χ1n) is 18.4. The van der Waals surface area contributed by atoms with Gasteiger partial charge < -0.3 is 49.9 Å². The lowest BCUT2D eigenvalue weighted by atomic mass is 9.78. The number of fused-ring (bicyclic) bond motifs is 6. The summed E-state index contributed by atoms with van der Waals surface area (Å²) in [6.45, 7) is 6.72. The standard InChI is InChI=1S/C40H50N4O9S/c1-19-13-23-9-8-12-44-26(17-50-40(47)31-25-15-27(48-5)24(16-41)14-22(25)10-11-43-31)29-30(36(53-21(3)45)20(2)37-38(29)52-18-51-37)39(54-7)33(44)32(42-4)28(23)34(46)35(19)49-6/h13-15,26,31-33,39,42-43,46H,8-12,16-18,41H2,1-7H3/t26-,31?,32+,33?,39?/m0/s1. The number of hydrogen-bond donors (Lipinski definition) is 4. The molecule has 4 aliphatic heterocycles. The lowest BCUT2D eigenvalue weighted by Gasteiger charge is -2.51. The quantitative estimate of drug-likeness (QED) is 0.177. The van der Waals surface area contributed by atoms with Crippen molar-refractivity contribution in [3.05, 3.63) is 68.3 Å². The number of phenolic OH excluding ortho intramolecular Hbond substituents is 1. The van der Waals surface area contributed by atoms with Crippen molar-refractivity contribution in [3.8, 4) is 34.5 Å². The maximum absolute atomic E-state index is 14.2. The third-order valence-electron chi connectivity index (χ3n) is 11.3. The van der Waals surface area contributed by atoms with Crippen molar-refractivity contribution >= 4 is 23.7 Å². The fourth-order valence-corrected chi connectivity index (χ4v) is 10.1. The van der Waals surface area contributed by atoms with Crippen molar-refractivity contribution in [1.82, 2.24) is 15.5 Å². The summed E-state index contributed by atoms with van der Waals surface area (Å²) >= 11 is 1.63. The predicted octanol–water partition coefficient (Wildman–Crippen LogP) is 4.61. The van der Waals surface area contributed by atoms with Crippen LogP contribution >= 0.6 is 11.8 Å². The van der Waals surface area contributed by atoms with Gasteiger partial charge in [0.15, 0.2) is 23.0 Å². The summed E-state index contributed by atoms with van der Waals surface area (Å²) < 4.78 is 36.0. The van der Waals surface area contributed by atoms with Gasteiger partial charge >= 0.3 is 11.9 Å². The number of hydrogen-bond acceptors (Lipinski definition) is 14. The molecule has 54 heavy (non-hydrogen) atoms. The molecule has 290 valence electrons. The molecular formula is C40H50N4O9S. The molecule has 5 N–H and O–H groups in total. The van der Waals surface area contributed by atoms with Gasteiger partial charge in [0.1, 0.15) is 24.1 Å². The van der Waals surface area contributed by atoms with Crippen LogP contribution in [0.5, 0.6) is 34.5 Å². The Bertz CT molecular complexity index is 1970. The maximum atomic E-state index is 14.2. The normalized spacial score (nSPS) is 22.9. The smallest absolute Gasteiger partial charge is 0.327 e. The number of phenols is 1. The van der Waals surface area contributed by atoms with Gasteiger partial charge in [0, 0.05) is 53.9 Å². The summed E-state index contributed by atoms with van der Waals surface area (Å²) in [7, 11) is 5.04. The molecular weight excluding hydrogens is 713 g/mol. The summed E-state index contributed by atoms with van der Waals surface area (Å²) in [5.41, 5.74) is 13.6. The molecule has 3 unspecified atom stereocenters. The zero-order valence-corrected chi connectivity index (χ0v) is 32.7. The highest BCUT2D eigenvalue weighted by atomic mass is 32.2. The van der Waals surface area contributed by atoms with Crippen LogP contribution in [0.3, 0.4) is 0 Å². The number of nitrogens with one attached hydrogen (secondary N) is 2. The number of nitrogens with zero attached hydrogens (tertiary/aromatic N) is 1. The highest BCUT2D eigenvalue weighted by molar-refractivity contribution is 7.98. The van der Waals surface area contributed by atoms with E-state index in [0.717, 1.165) is 57.3 Å². The van der Waals surface area contributed by atoms with E-state index >= 15 is 0 Å². The second-order valence-electron chi connectivity index (χ2n) is 14.2. The van der Waals surface area contributed by atoms with Gasteiger partial charge in [-0.25, -0.2) is 4.79 Å². The Morgan fingerprint density at radius 1 is 1.06 bits per heavy atom. The molecule has 0 amide bonds. The highest BCUT2D eigenvalue weighted by Gasteiger charge is 2.51. The summed E-state index contributed by atoms with van der Waals surface area (Å²) in [6, 6.07) is 4.01. The van der Waals surface area contributed by atoms with Crippen LogP contribution < -0.4 is 40.1 Å². The van der Waals surface area contributed by atoms with E-state index in [4.69, 9.17) is 34.2 Å². The first kappa shape index (κ1) is 38.1. The largest absolute Gasteiger partial charge is 0.504 e. The molecule has 0 bridgehead atoms. The molecule has 4 heterocycles. The third-order valence-corrected chi connectivity index (χ3v) is 12.3. The van der Waals surface area contributed by atoms with Crippen LogP contribution in [0.2, 0.25) is 0 Å². The van der Waals surface area contributed by atoms with Crippen molar-refractivity contribution in [3.63, 3.8) is 0 Å². The number of rotatable bonds is 9. The zero-order valence-electron chi connectivity index (χ0n) is 31.9. The van der Waals surface area contributed by atoms with E-state index in [-0.39, 0.29) is 30.4 Å². The Hall–Kier alpha value is -4.21. The Morgan fingerprint density at radius 3 is 2.52 bits per heavy atom. The van der Waals surface area contributed by atoms with E-state index in [1.54, 1.807) is 26.0 Å². The fourth-order valence-electron chi connectivity index (χ4n) is 9.08. The molecule has 3 aromatic rings. The van der Waals surface area contributed by atoms with E-state index in [2.05, 4.69) is 21.6 Å². The van der Waals surface area contributed by atoms with E-state index in [0.29, 0.717) is 60.4 Å². The number of thioether (sulfide) groups is 1. The molecule has 0 saturated heterocycles. The molecule has 14 heteroatoms. The number of aryl methyl sites for hydroxylation is 2. The minimum absolute atomic E-state index is 0.000935. The van der Waals surface area contributed by atoms with Gasteiger partial charge in [-0.2, -0.15) is 11.8 Å². The number of aromatic hydroxyl groups is 1. The average molecular weight is 763 g/mol. The Labute approximate surface area is 320 Å². The highest BCUT2D eigenvalue weighted by Crippen LogP contribution is 2.60. The van der Waals surface area contributed by atoms with E-state index in [1.165, 1.54) is 6.92 Å². The van der Waals surface area contributed by atoms with Crippen LogP contribution in [0, 0.1) is 13.8 Å². The van der Waals surface area contributed by atoms with Crippen LogP contribution in [0.25, 0.3) is 0 Å². The lowest BCUT2D eigenvalue weighted by Crippen LogP contribution is -2.54. The lowest BCUT2D eigenvalue weighted by molar-refractivity contribution is -0.149. The summed E-state index contributed by atoms with van der Waals surface area (Å²) in [5, 5.41) is 18.5. The van der Waals surface area contributed by atoms with Crippen molar-refractivity contribution in [1.29, 1.82) is 0 Å². The minimum Gasteiger partial charge on any atom is -0.504 e. The Morgan fingerprint density at radius 2 is 1.83 bits per heavy atom. The third kappa shape index (κ3) is 6.31. The van der Waals surface area contributed by atoms with E-state index < -0.39 is 30.1 Å². The van der Waals surface area contributed by atoms with Gasteiger partial charge in [0.2, 0.25) is 6.79 Å². The maximum Gasteiger partial charge on any atom is 0.327 e. The Balaban J connectivity index is 1.38. The Kier molecular flexibility index (Phi) is 10.9. The summed E-state index contributed by atoms with van der Waals surface area (Å²) in [6.07, 6.45) is 4.24. The topological polar surface area (TPSA) is 163 Å². The van der Waals surface area contributed by atoms with Gasteiger partial charge in [-0.3, -0.25) is 9.69 Å². The SMILES string of the molecule is CN[C@@H]1c2c(cc(C)c(OC)c2O)CCCN2C1C(SC)c1c(OC(C)=O)c(C)c3c(c1[C@@H]2COC(=O)C1NCCc2cc(CN)c(OC)cc21)OCO3. The molecule has 0 saturated carbocycles. The summed E-state index contributed by atoms with van der Waals surface area (Å²) in [4.78, 5) is 29.4. The predicted molar refractivity (Wildman–Crippen MR) is 204 cm³/mol. The number of esters is 2. The van der Waals surface area contributed by atoms with Crippen molar-refractivity contribution in [2.75, 3.05) is 54.0 Å². The van der Waals surface area contributed by atoms with Crippen LogP contribution in [-0.2, 0) is 33.7 Å². The zero-order chi connectivity index (χ0) is 38.4. The molecule has 3 aromatic carbocycles. The second kappa shape index (κ2) is 15.5. The van der Waals surface area contributed by atoms with Crippen molar-refractivity contribution in [2.24, 2.45) is 5.73 Å². The van der Waals surface area contributed by atoms with Gasteiger partial charge in [-0.1, -0.05) is 12.1 Å². The molecule has 0 aromatic heterocycles. The van der Waals surface area contributed by atoms with Crippen LogP contribution in [0.4, 0.5) is 0 Å². The molecule has 4 aliphatic rings. The monoisotopic (exact) mass is 762 g/mol. The number of ether oxygens (including phenoxy) is 6. The molecule has 0 aliphatic carbocycles. The fraction of sp³-hybridized carbons (Fsp3) is 0.500. The molecule has 13 nitrogen and oxygen atoms in total. The van der Waals surface area contributed by atoms with Crippen molar-refractivity contribution < 1.29 is 43.1 Å². The number of nitrogens with two attached hydrogens (primary N) is 1. The molecule has 5 atom stereocenters. The van der Waals surface area contributed by atoms with E-state index in [1.807, 2.05) is 39.3 Å². The first-order valence-corrected chi connectivity index (χ1v) is 19.7. The van der Waals surface area contributed by atoms with Gasteiger partial charge in [-0.05, 0) is 81.3 Å². The minimum atomic E-state index is -0.718. The number of methoxy groups -OCH3 is 2. The van der Waals surface area contributed by atoms with Crippen LogP contribution in [-0.4, -0.2) is 82.0 Å². The molecule has 7 rings (SSSR count). The first-order chi connectivity index (χ1) is 26.1. The molecule has 0 spiro atoms. The van der Waals surface area contributed by atoms with Gasteiger partial charge in [0.05, 0.1) is 31.6 Å². The summed E-state index contributed by atoms with van der Waals surface area (Å²) in [5.74, 6) is 1.73. The van der Waals surface area contributed by atoms with Crippen LogP contribution in [0.15, 0.2) is 18.2 Å². The number of likely N-dealkylation sites (N-methyl/N-ethyl adjacent to an activating group) is 1. The molecule has 0 fully saturated rings. The number of benzene rings is 3. The van der Waals surface area contributed by atoms with Gasteiger partial charge in [0.25, 0.3) is 0 Å².